The standard InChI is InChI=1S/C28H31F4N3O6/c1-15(36)12-40-20-9-6-17(10-21(20)39-3)25(37)34-13-27(38,28(30,31)32)22-11-19-24(41-14-26(19,2)33)23(35-22)16-4-7-18(29)8-5-16/h4-7,9-11,15,18,36,38H,8,12-14,33H2,1-3H3,(H,34,37). The molecular weight excluding hydrogens is 550 g/mol. The van der Waals surface area contributed by atoms with Crippen LogP contribution in [0, 0.1) is 0 Å². The molecule has 4 unspecified atom stereocenters. The van der Waals surface area contributed by atoms with Crippen LogP contribution in [0.15, 0.2) is 42.5 Å². The van der Waals surface area contributed by atoms with Gasteiger partial charge in [-0.1, -0.05) is 12.2 Å². The van der Waals surface area contributed by atoms with E-state index < -0.39 is 47.7 Å². The highest BCUT2D eigenvalue weighted by atomic mass is 19.4. The molecular formula is C28H31F4N3O6. The largest absolute Gasteiger partial charge is 0.493 e. The predicted molar refractivity (Wildman–Crippen MR) is 140 cm³/mol. The summed E-state index contributed by atoms with van der Waals surface area (Å²) in [5.41, 5.74) is 1.05. The Bertz CT molecular complexity index is 1380. The molecule has 41 heavy (non-hydrogen) atoms. The van der Waals surface area contributed by atoms with Crippen LogP contribution in [0.25, 0.3) is 5.57 Å². The van der Waals surface area contributed by atoms with Crippen molar-refractivity contribution in [2.45, 2.75) is 49.9 Å². The second-order valence-electron chi connectivity index (χ2n) is 10.3. The Hall–Kier alpha value is -3.68. The van der Waals surface area contributed by atoms with Gasteiger partial charge in [0.15, 0.2) is 17.2 Å². The van der Waals surface area contributed by atoms with Crippen LogP contribution >= 0.6 is 0 Å². The molecule has 2 aliphatic rings. The van der Waals surface area contributed by atoms with Crippen LogP contribution in [0.4, 0.5) is 17.6 Å². The van der Waals surface area contributed by atoms with Gasteiger partial charge in [0, 0.05) is 17.5 Å². The maximum atomic E-state index is 14.5. The lowest BCUT2D eigenvalue weighted by Crippen LogP contribution is -2.51. The zero-order valence-electron chi connectivity index (χ0n) is 22.6. The molecule has 1 aromatic carbocycles. The van der Waals surface area contributed by atoms with Crippen LogP contribution < -0.4 is 25.3 Å². The first-order chi connectivity index (χ1) is 19.2. The first kappa shape index (κ1) is 30.3. The normalized spacial score (nSPS) is 22.2. The first-order valence-electron chi connectivity index (χ1n) is 12.7. The number of aliphatic hydroxyl groups is 2. The number of amides is 1. The van der Waals surface area contributed by atoms with Gasteiger partial charge in [-0.2, -0.15) is 13.2 Å². The summed E-state index contributed by atoms with van der Waals surface area (Å²) >= 11 is 0. The van der Waals surface area contributed by atoms with Crippen LogP contribution in [0.5, 0.6) is 17.2 Å². The van der Waals surface area contributed by atoms with Crippen molar-refractivity contribution in [2.24, 2.45) is 5.73 Å². The number of ether oxygens (including phenoxy) is 3. The summed E-state index contributed by atoms with van der Waals surface area (Å²) in [7, 11) is 1.31. The Labute approximate surface area is 233 Å². The molecule has 1 aliphatic carbocycles. The van der Waals surface area contributed by atoms with E-state index in [4.69, 9.17) is 19.9 Å². The fraction of sp³-hybridized carbons (Fsp3) is 0.429. The van der Waals surface area contributed by atoms with Crippen molar-refractivity contribution < 1.29 is 46.8 Å². The monoisotopic (exact) mass is 581 g/mol. The van der Waals surface area contributed by atoms with E-state index in [1.54, 1.807) is 6.92 Å². The summed E-state index contributed by atoms with van der Waals surface area (Å²) in [6.45, 7) is 1.68. The summed E-state index contributed by atoms with van der Waals surface area (Å²) < 4.78 is 73.5. The fourth-order valence-electron chi connectivity index (χ4n) is 4.37. The molecule has 1 aliphatic heterocycles. The van der Waals surface area contributed by atoms with Gasteiger partial charge in [-0.05, 0) is 49.8 Å². The average molecular weight is 582 g/mol. The molecule has 13 heteroatoms. The summed E-state index contributed by atoms with van der Waals surface area (Å²) in [4.78, 5) is 17.0. The molecule has 1 amide bonds. The van der Waals surface area contributed by atoms with Gasteiger partial charge in [-0.25, -0.2) is 9.37 Å². The van der Waals surface area contributed by atoms with Crippen molar-refractivity contribution in [1.29, 1.82) is 0 Å². The third-order valence-electron chi connectivity index (χ3n) is 6.73. The number of allylic oxidation sites excluding steroid dienone is 4. The number of aliphatic hydroxyl groups excluding tert-OH is 1. The van der Waals surface area contributed by atoms with E-state index in [2.05, 4.69) is 10.3 Å². The number of carbonyl (C=O) groups excluding carboxylic acids is 1. The molecule has 0 saturated heterocycles. The van der Waals surface area contributed by atoms with Crippen molar-refractivity contribution in [3.05, 3.63) is 65.0 Å². The topological polar surface area (TPSA) is 136 Å². The number of halogens is 4. The minimum atomic E-state index is -5.28. The van der Waals surface area contributed by atoms with E-state index in [0.29, 0.717) is 5.57 Å². The molecule has 5 N–H and O–H groups in total. The number of nitrogens with one attached hydrogen (secondary N) is 1. The first-order valence-corrected chi connectivity index (χ1v) is 12.7. The van der Waals surface area contributed by atoms with Gasteiger partial charge >= 0.3 is 6.18 Å². The van der Waals surface area contributed by atoms with Crippen molar-refractivity contribution in [2.75, 3.05) is 26.9 Å². The lowest BCUT2D eigenvalue weighted by Gasteiger charge is -2.31. The molecule has 1 aromatic heterocycles. The van der Waals surface area contributed by atoms with Crippen molar-refractivity contribution >= 4 is 11.5 Å². The zero-order valence-corrected chi connectivity index (χ0v) is 22.6. The van der Waals surface area contributed by atoms with Gasteiger partial charge < -0.3 is 35.5 Å². The Morgan fingerprint density at radius 1 is 1.32 bits per heavy atom. The van der Waals surface area contributed by atoms with Gasteiger partial charge in [0.05, 0.1) is 31.0 Å². The van der Waals surface area contributed by atoms with Crippen LogP contribution in [-0.2, 0) is 11.1 Å². The Morgan fingerprint density at radius 2 is 2.05 bits per heavy atom. The van der Waals surface area contributed by atoms with Crippen molar-refractivity contribution in [1.82, 2.24) is 10.3 Å². The highest BCUT2D eigenvalue weighted by Gasteiger charge is 2.57. The summed E-state index contributed by atoms with van der Waals surface area (Å²) in [6.07, 6.45) is -3.21. The maximum absolute atomic E-state index is 14.5. The van der Waals surface area contributed by atoms with Gasteiger partial charge in [0.1, 0.15) is 25.1 Å². The van der Waals surface area contributed by atoms with E-state index in [0.717, 1.165) is 6.07 Å². The smallest absolute Gasteiger partial charge is 0.424 e. The van der Waals surface area contributed by atoms with Crippen LogP contribution in [0.2, 0.25) is 0 Å². The summed E-state index contributed by atoms with van der Waals surface area (Å²) in [5, 5.41) is 22.7. The molecule has 0 saturated carbocycles. The van der Waals surface area contributed by atoms with E-state index in [-0.39, 0.29) is 53.7 Å². The van der Waals surface area contributed by atoms with Crippen LogP contribution in [-0.4, -0.2) is 66.4 Å². The molecule has 0 radical (unpaired) electrons. The number of benzene rings is 1. The second-order valence-corrected chi connectivity index (χ2v) is 10.3. The third kappa shape index (κ3) is 6.16. The van der Waals surface area contributed by atoms with E-state index >= 15 is 0 Å². The Kier molecular flexibility index (Phi) is 8.35. The molecule has 4 rings (SSSR count). The van der Waals surface area contributed by atoms with E-state index in [9.17, 15) is 32.6 Å². The predicted octanol–water partition coefficient (Wildman–Crippen LogP) is 3.28. The van der Waals surface area contributed by atoms with Gasteiger partial charge in [-0.15, -0.1) is 0 Å². The average Bonchev–Trinajstić information content (AvgIpc) is 3.23. The highest BCUT2D eigenvalue weighted by Crippen LogP contribution is 2.45. The number of alkyl halides is 4. The molecule has 2 heterocycles. The van der Waals surface area contributed by atoms with E-state index in [1.165, 1.54) is 50.5 Å². The number of methoxy groups -OCH3 is 1. The number of pyridine rings is 1. The molecule has 9 nitrogen and oxygen atoms in total. The van der Waals surface area contributed by atoms with E-state index in [1.807, 2.05) is 0 Å². The Balaban J connectivity index is 1.68. The lowest BCUT2D eigenvalue weighted by atomic mass is 9.88. The molecule has 0 fully saturated rings. The fourth-order valence-corrected chi connectivity index (χ4v) is 4.37. The Morgan fingerprint density at radius 3 is 2.66 bits per heavy atom. The minimum Gasteiger partial charge on any atom is -0.493 e. The number of fused-ring (bicyclic) bond motifs is 1. The molecule has 0 spiro atoms. The summed E-state index contributed by atoms with van der Waals surface area (Å²) in [6, 6.07) is 4.94. The molecule has 2 aromatic rings. The number of carbonyl (C=O) groups is 1. The van der Waals surface area contributed by atoms with Crippen LogP contribution in [0.1, 0.15) is 47.6 Å². The number of aromatic nitrogens is 1. The second kappa shape index (κ2) is 11.3. The molecule has 0 bridgehead atoms. The zero-order chi connectivity index (χ0) is 30.2. The van der Waals surface area contributed by atoms with Gasteiger partial charge in [0.25, 0.3) is 5.91 Å². The quantitative estimate of drug-likeness (QED) is 0.332. The number of rotatable bonds is 9. The van der Waals surface area contributed by atoms with Crippen LogP contribution in [0.3, 0.4) is 0 Å². The lowest BCUT2D eigenvalue weighted by molar-refractivity contribution is -0.265. The molecule has 222 valence electrons. The van der Waals surface area contributed by atoms with Gasteiger partial charge in [-0.3, -0.25) is 4.79 Å². The number of hydrogen-bond acceptors (Lipinski definition) is 8. The third-order valence-corrected chi connectivity index (χ3v) is 6.73. The van der Waals surface area contributed by atoms with Gasteiger partial charge in [0.2, 0.25) is 5.60 Å². The number of nitrogens with two attached hydrogens (primary N) is 1. The minimum absolute atomic E-state index is 0.0156. The number of hydrogen-bond donors (Lipinski definition) is 4. The van der Waals surface area contributed by atoms with Crippen molar-refractivity contribution in [3.8, 4) is 17.2 Å². The molecule has 4 atom stereocenters. The SMILES string of the molecule is COc1cc(C(=O)NCC(O)(c2cc3c(c(C4=CCC(F)C=C4)n2)OCC3(C)N)C(F)(F)F)ccc1OCC(C)O. The highest BCUT2D eigenvalue weighted by molar-refractivity contribution is 5.95. The number of nitrogens with zero attached hydrogens (tertiary/aromatic N) is 1. The maximum Gasteiger partial charge on any atom is 0.424 e. The van der Waals surface area contributed by atoms with Crippen molar-refractivity contribution in [3.63, 3.8) is 0 Å². The summed E-state index contributed by atoms with van der Waals surface area (Å²) in [5.74, 6) is -0.469.